The molecule has 3 amide bonds. The Morgan fingerprint density at radius 1 is 0.932 bits per heavy atom. The number of rotatable bonds is 8. The van der Waals surface area contributed by atoms with Crippen LogP contribution >= 0.6 is 46.4 Å². The molecule has 0 bridgehead atoms. The van der Waals surface area contributed by atoms with E-state index in [4.69, 9.17) is 46.4 Å². The van der Waals surface area contributed by atoms with Crippen molar-refractivity contribution in [3.63, 3.8) is 0 Å². The summed E-state index contributed by atoms with van der Waals surface area (Å²) < 4.78 is 80.7. The van der Waals surface area contributed by atoms with Gasteiger partial charge in [-0.3, -0.25) is 14.4 Å². The van der Waals surface area contributed by atoms with Gasteiger partial charge < -0.3 is 16.0 Å². The second kappa shape index (κ2) is 12.7. The molecule has 3 aromatic carbocycles. The van der Waals surface area contributed by atoms with Gasteiger partial charge in [-0.1, -0.05) is 17.7 Å². The van der Waals surface area contributed by atoms with Crippen LogP contribution in [0.5, 0.6) is 0 Å². The third-order valence-electron chi connectivity index (χ3n) is 6.54. The van der Waals surface area contributed by atoms with Gasteiger partial charge >= 0.3 is 6.18 Å². The molecular formula is C28H19Cl4F6N3O3. The third-order valence-corrected chi connectivity index (χ3v) is 7.96. The SMILES string of the molecule is CC(Cl)CC(=O)Nc1c(F)ccc(NC(=O)c2cc(NC(=O)[C@H]3[C@H](c4ccc(F)c(C(F)(F)F)c4)C3(Cl)Cl)ccc2Cl)c1F. The average molecular weight is 701 g/mol. The number of nitrogens with one attached hydrogen (secondary N) is 3. The molecular weight excluding hydrogens is 682 g/mol. The van der Waals surface area contributed by atoms with Crippen molar-refractivity contribution in [2.24, 2.45) is 5.92 Å². The summed E-state index contributed by atoms with van der Waals surface area (Å²) in [4.78, 5) is 38.0. The summed E-state index contributed by atoms with van der Waals surface area (Å²) >= 11 is 24.3. The second-order valence-corrected chi connectivity index (χ2v) is 12.4. The third kappa shape index (κ3) is 7.20. The minimum absolute atomic E-state index is 0.0165. The molecule has 0 saturated heterocycles. The first-order valence-corrected chi connectivity index (χ1v) is 14.1. The molecule has 16 heteroatoms. The van der Waals surface area contributed by atoms with E-state index in [-0.39, 0.29) is 28.3 Å². The Balaban J connectivity index is 1.51. The highest BCUT2D eigenvalue weighted by molar-refractivity contribution is 6.53. The summed E-state index contributed by atoms with van der Waals surface area (Å²) in [5.41, 5.74) is -3.27. The molecule has 1 aliphatic rings. The van der Waals surface area contributed by atoms with Crippen molar-refractivity contribution in [3.8, 4) is 0 Å². The van der Waals surface area contributed by atoms with Gasteiger partial charge in [0.15, 0.2) is 5.82 Å². The molecule has 0 spiro atoms. The number of carbonyl (C=O) groups excluding carboxylic acids is 3. The molecule has 1 fully saturated rings. The molecule has 3 N–H and O–H groups in total. The monoisotopic (exact) mass is 699 g/mol. The van der Waals surface area contributed by atoms with E-state index in [1.54, 1.807) is 0 Å². The topological polar surface area (TPSA) is 87.3 Å². The molecule has 3 aromatic rings. The Morgan fingerprint density at radius 3 is 2.23 bits per heavy atom. The molecule has 0 aliphatic heterocycles. The van der Waals surface area contributed by atoms with E-state index in [0.717, 1.165) is 24.3 Å². The van der Waals surface area contributed by atoms with Crippen LogP contribution in [0.3, 0.4) is 0 Å². The molecule has 6 nitrogen and oxygen atoms in total. The predicted octanol–water partition coefficient (Wildman–Crippen LogP) is 8.51. The lowest BCUT2D eigenvalue weighted by molar-refractivity contribution is -0.140. The van der Waals surface area contributed by atoms with Crippen LogP contribution in [0.25, 0.3) is 0 Å². The van der Waals surface area contributed by atoms with Crippen LogP contribution in [-0.4, -0.2) is 27.4 Å². The van der Waals surface area contributed by atoms with Gasteiger partial charge in [-0.2, -0.15) is 13.2 Å². The van der Waals surface area contributed by atoms with Crippen molar-refractivity contribution in [3.05, 3.63) is 87.7 Å². The highest BCUT2D eigenvalue weighted by Crippen LogP contribution is 2.65. The van der Waals surface area contributed by atoms with Gasteiger partial charge in [-0.15, -0.1) is 34.8 Å². The Kier molecular flexibility index (Phi) is 9.70. The van der Waals surface area contributed by atoms with Gasteiger partial charge in [0.2, 0.25) is 11.8 Å². The summed E-state index contributed by atoms with van der Waals surface area (Å²) in [7, 11) is 0. The fourth-order valence-corrected chi connectivity index (χ4v) is 5.59. The zero-order chi connectivity index (χ0) is 32.7. The number of alkyl halides is 6. The fourth-order valence-electron chi connectivity index (χ4n) is 4.42. The number of halogens is 10. The quantitative estimate of drug-likeness (QED) is 0.163. The van der Waals surface area contributed by atoms with Gasteiger partial charge in [-0.25, -0.2) is 13.2 Å². The fraction of sp³-hybridized carbons (Fsp3) is 0.250. The van der Waals surface area contributed by atoms with E-state index in [2.05, 4.69) is 16.0 Å². The maximum absolute atomic E-state index is 15.0. The lowest BCUT2D eigenvalue weighted by Crippen LogP contribution is -2.19. The van der Waals surface area contributed by atoms with E-state index in [0.29, 0.717) is 12.1 Å². The Morgan fingerprint density at radius 2 is 1.59 bits per heavy atom. The molecule has 3 atom stereocenters. The van der Waals surface area contributed by atoms with Crippen LogP contribution in [0.1, 0.15) is 40.7 Å². The molecule has 234 valence electrons. The van der Waals surface area contributed by atoms with Gasteiger partial charge in [0.25, 0.3) is 5.91 Å². The molecule has 4 rings (SSSR count). The standard InChI is InChI=1S/C28H19Cl4F6N3O3/c1-11(29)8-20(42)41-24-18(34)6-7-19(23(24)35)40-25(43)14-10-13(3-4-16(14)30)39-26(44)22-21(27(22,31)32)12-2-5-17(33)15(9-12)28(36,37)38/h2-7,9-11,21-22H,8H2,1H3,(H,39,44)(H,40,43)(H,41,42)/t11?,21-,22+/m0/s1. The van der Waals surface area contributed by atoms with Crippen molar-refractivity contribution in [1.82, 2.24) is 0 Å². The molecule has 0 radical (unpaired) electrons. The van der Waals surface area contributed by atoms with Crippen LogP contribution in [0.15, 0.2) is 48.5 Å². The van der Waals surface area contributed by atoms with Crippen LogP contribution in [-0.2, 0) is 15.8 Å². The summed E-state index contributed by atoms with van der Waals surface area (Å²) in [6.45, 7) is 1.51. The van der Waals surface area contributed by atoms with E-state index >= 15 is 4.39 Å². The highest BCUT2D eigenvalue weighted by Gasteiger charge is 2.67. The van der Waals surface area contributed by atoms with Crippen LogP contribution < -0.4 is 16.0 Å². The van der Waals surface area contributed by atoms with Crippen molar-refractivity contribution >= 4 is 81.2 Å². The molecule has 1 aliphatic carbocycles. The summed E-state index contributed by atoms with van der Waals surface area (Å²) in [6, 6.07) is 7.52. The first kappa shape index (κ1) is 33.7. The first-order valence-electron chi connectivity index (χ1n) is 12.5. The van der Waals surface area contributed by atoms with Gasteiger partial charge in [0.1, 0.15) is 21.7 Å². The summed E-state index contributed by atoms with van der Waals surface area (Å²) in [5, 5.41) is 5.97. The number of anilines is 3. The minimum Gasteiger partial charge on any atom is -0.326 e. The smallest absolute Gasteiger partial charge is 0.326 e. The summed E-state index contributed by atoms with van der Waals surface area (Å²) in [5.74, 6) is -8.86. The Labute approximate surface area is 266 Å². The van der Waals surface area contributed by atoms with Crippen molar-refractivity contribution in [2.45, 2.75) is 35.1 Å². The van der Waals surface area contributed by atoms with Gasteiger partial charge in [0, 0.05) is 23.4 Å². The second-order valence-electron chi connectivity index (χ2n) is 9.82. The lowest BCUT2D eigenvalue weighted by Gasteiger charge is -2.14. The number of carbonyl (C=O) groups is 3. The lowest BCUT2D eigenvalue weighted by atomic mass is 10.0. The molecule has 1 saturated carbocycles. The first-order chi connectivity index (χ1) is 20.4. The van der Waals surface area contributed by atoms with Crippen LogP contribution in [0.4, 0.5) is 43.4 Å². The van der Waals surface area contributed by atoms with E-state index in [9.17, 15) is 36.3 Å². The zero-order valence-corrected chi connectivity index (χ0v) is 25.1. The zero-order valence-electron chi connectivity index (χ0n) is 22.1. The van der Waals surface area contributed by atoms with E-state index < -0.39 is 79.8 Å². The molecule has 44 heavy (non-hydrogen) atoms. The molecule has 0 aromatic heterocycles. The normalized spacial score (nSPS) is 17.9. The summed E-state index contributed by atoms with van der Waals surface area (Å²) in [6.07, 6.45) is -5.23. The van der Waals surface area contributed by atoms with E-state index in [1.807, 2.05) is 0 Å². The molecule has 0 heterocycles. The highest BCUT2D eigenvalue weighted by atomic mass is 35.5. The number of hydrogen-bond donors (Lipinski definition) is 3. The van der Waals surface area contributed by atoms with Crippen molar-refractivity contribution in [2.75, 3.05) is 16.0 Å². The number of hydrogen-bond acceptors (Lipinski definition) is 3. The van der Waals surface area contributed by atoms with Crippen LogP contribution in [0.2, 0.25) is 5.02 Å². The van der Waals surface area contributed by atoms with Gasteiger partial charge in [-0.05, 0) is 55.0 Å². The maximum atomic E-state index is 15.0. The van der Waals surface area contributed by atoms with E-state index in [1.165, 1.54) is 19.1 Å². The average Bonchev–Trinajstić information content (AvgIpc) is 3.50. The van der Waals surface area contributed by atoms with Crippen molar-refractivity contribution in [1.29, 1.82) is 0 Å². The van der Waals surface area contributed by atoms with Crippen molar-refractivity contribution < 1.29 is 40.7 Å². The van der Waals surface area contributed by atoms with Gasteiger partial charge in [0.05, 0.1) is 27.8 Å². The predicted molar refractivity (Wildman–Crippen MR) is 155 cm³/mol. The largest absolute Gasteiger partial charge is 0.419 e. The maximum Gasteiger partial charge on any atom is 0.419 e. The number of amides is 3. The Bertz CT molecular complexity index is 1650. The van der Waals surface area contributed by atoms with Crippen LogP contribution in [0, 0.1) is 23.4 Å². The minimum atomic E-state index is -5.00. The Hall–Kier alpha value is -3.19. The molecule has 1 unspecified atom stereocenters. The number of benzene rings is 3.